The SMILES string of the molecule is CCC(NC(C)c1ccccc1C)C1CCCCC1. The van der Waals surface area contributed by atoms with Crippen LogP contribution in [0.3, 0.4) is 0 Å². The summed E-state index contributed by atoms with van der Waals surface area (Å²) in [5, 5.41) is 3.89. The van der Waals surface area contributed by atoms with Crippen molar-refractivity contribution in [2.75, 3.05) is 0 Å². The van der Waals surface area contributed by atoms with Gasteiger partial charge < -0.3 is 5.32 Å². The first kappa shape index (κ1) is 14.6. The highest BCUT2D eigenvalue weighted by atomic mass is 15.0. The fraction of sp³-hybridized carbons (Fsp3) is 0.667. The molecule has 0 spiro atoms. The van der Waals surface area contributed by atoms with E-state index in [0.29, 0.717) is 12.1 Å². The average molecular weight is 259 g/mol. The maximum Gasteiger partial charge on any atom is 0.0297 e. The summed E-state index contributed by atoms with van der Waals surface area (Å²) in [5.41, 5.74) is 2.86. The molecule has 0 saturated heterocycles. The molecule has 1 aromatic rings. The molecule has 1 heteroatoms. The minimum atomic E-state index is 0.466. The van der Waals surface area contributed by atoms with Gasteiger partial charge in [-0.05, 0) is 50.2 Å². The molecular formula is C18H29N. The lowest BCUT2D eigenvalue weighted by atomic mass is 9.82. The smallest absolute Gasteiger partial charge is 0.0297 e. The van der Waals surface area contributed by atoms with Crippen LogP contribution < -0.4 is 5.32 Å². The van der Waals surface area contributed by atoms with Crippen LogP contribution in [-0.2, 0) is 0 Å². The van der Waals surface area contributed by atoms with Gasteiger partial charge >= 0.3 is 0 Å². The molecule has 2 atom stereocenters. The zero-order valence-electron chi connectivity index (χ0n) is 12.8. The minimum absolute atomic E-state index is 0.466. The molecule has 2 rings (SSSR count). The van der Waals surface area contributed by atoms with Crippen LogP contribution in [-0.4, -0.2) is 6.04 Å². The third-order valence-electron chi connectivity index (χ3n) is 4.78. The molecule has 1 aromatic carbocycles. The van der Waals surface area contributed by atoms with E-state index in [4.69, 9.17) is 0 Å². The predicted molar refractivity (Wildman–Crippen MR) is 83.4 cm³/mol. The zero-order chi connectivity index (χ0) is 13.7. The maximum atomic E-state index is 3.89. The molecule has 0 aliphatic heterocycles. The van der Waals surface area contributed by atoms with Crippen LogP contribution in [0.25, 0.3) is 0 Å². The van der Waals surface area contributed by atoms with Crippen LogP contribution in [0.1, 0.15) is 69.5 Å². The summed E-state index contributed by atoms with van der Waals surface area (Å²) >= 11 is 0. The molecule has 0 amide bonds. The lowest BCUT2D eigenvalue weighted by Gasteiger charge is -2.33. The van der Waals surface area contributed by atoms with E-state index in [1.54, 1.807) is 0 Å². The van der Waals surface area contributed by atoms with Crippen LogP contribution in [0.15, 0.2) is 24.3 Å². The Balaban J connectivity index is 1.99. The van der Waals surface area contributed by atoms with Crippen molar-refractivity contribution >= 4 is 0 Å². The topological polar surface area (TPSA) is 12.0 Å². The van der Waals surface area contributed by atoms with Gasteiger partial charge in [-0.3, -0.25) is 0 Å². The highest BCUT2D eigenvalue weighted by Gasteiger charge is 2.23. The van der Waals surface area contributed by atoms with Crippen molar-refractivity contribution in [3.05, 3.63) is 35.4 Å². The number of rotatable bonds is 5. The normalized spacial score (nSPS) is 20.2. The first-order chi connectivity index (χ1) is 9.22. The first-order valence-electron chi connectivity index (χ1n) is 8.04. The molecule has 1 nitrogen and oxygen atoms in total. The quantitative estimate of drug-likeness (QED) is 0.784. The van der Waals surface area contributed by atoms with Crippen LogP contribution >= 0.6 is 0 Å². The summed E-state index contributed by atoms with van der Waals surface area (Å²) in [4.78, 5) is 0. The summed E-state index contributed by atoms with van der Waals surface area (Å²) < 4.78 is 0. The van der Waals surface area contributed by atoms with Crippen LogP contribution in [0.4, 0.5) is 0 Å². The van der Waals surface area contributed by atoms with Crippen molar-refractivity contribution in [1.29, 1.82) is 0 Å². The Labute approximate surface area is 118 Å². The van der Waals surface area contributed by atoms with Crippen molar-refractivity contribution in [3.63, 3.8) is 0 Å². The molecule has 19 heavy (non-hydrogen) atoms. The largest absolute Gasteiger partial charge is 0.307 e. The van der Waals surface area contributed by atoms with Gasteiger partial charge in [-0.15, -0.1) is 0 Å². The van der Waals surface area contributed by atoms with E-state index in [-0.39, 0.29) is 0 Å². The lowest BCUT2D eigenvalue weighted by molar-refractivity contribution is 0.249. The summed E-state index contributed by atoms with van der Waals surface area (Å²) in [7, 11) is 0. The minimum Gasteiger partial charge on any atom is -0.307 e. The molecular weight excluding hydrogens is 230 g/mol. The van der Waals surface area contributed by atoms with Crippen LogP contribution in [0.2, 0.25) is 0 Å². The molecule has 1 saturated carbocycles. The van der Waals surface area contributed by atoms with Crippen molar-refractivity contribution in [3.8, 4) is 0 Å². The van der Waals surface area contributed by atoms with Gasteiger partial charge in [0.15, 0.2) is 0 Å². The zero-order valence-corrected chi connectivity index (χ0v) is 12.8. The predicted octanol–water partition coefficient (Wildman–Crippen LogP) is 5.00. The molecule has 1 aliphatic carbocycles. The van der Waals surface area contributed by atoms with Crippen molar-refractivity contribution in [2.24, 2.45) is 5.92 Å². The molecule has 0 bridgehead atoms. The Morgan fingerprint density at radius 1 is 1.16 bits per heavy atom. The third kappa shape index (κ3) is 3.82. The highest BCUT2D eigenvalue weighted by Crippen LogP contribution is 2.29. The fourth-order valence-electron chi connectivity index (χ4n) is 3.61. The number of benzene rings is 1. The van der Waals surface area contributed by atoms with Crippen molar-refractivity contribution in [1.82, 2.24) is 5.32 Å². The number of hydrogen-bond acceptors (Lipinski definition) is 1. The van der Waals surface area contributed by atoms with Gasteiger partial charge in [-0.1, -0.05) is 50.5 Å². The Kier molecular flexibility index (Phi) is 5.45. The second-order valence-corrected chi connectivity index (χ2v) is 6.16. The molecule has 1 aliphatic rings. The summed E-state index contributed by atoms with van der Waals surface area (Å²) in [6.07, 6.45) is 8.41. The van der Waals surface area contributed by atoms with Gasteiger partial charge in [-0.2, -0.15) is 0 Å². The molecule has 2 unspecified atom stereocenters. The third-order valence-corrected chi connectivity index (χ3v) is 4.78. The Morgan fingerprint density at radius 3 is 2.47 bits per heavy atom. The van der Waals surface area contributed by atoms with Crippen molar-refractivity contribution in [2.45, 2.75) is 71.4 Å². The lowest BCUT2D eigenvalue weighted by Crippen LogP contribution is -2.38. The van der Waals surface area contributed by atoms with E-state index >= 15 is 0 Å². The summed E-state index contributed by atoms with van der Waals surface area (Å²) in [5.74, 6) is 0.894. The Hall–Kier alpha value is -0.820. The van der Waals surface area contributed by atoms with Gasteiger partial charge in [-0.25, -0.2) is 0 Å². The molecule has 1 fully saturated rings. The second kappa shape index (κ2) is 7.09. The molecule has 106 valence electrons. The van der Waals surface area contributed by atoms with Crippen LogP contribution in [0, 0.1) is 12.8 Å². The Bertz CT molecular complexity index is 379. The van der Waals surface area contributed by atoms with E-state index in [2.05, 4.69) is 50.4 Å². The molecule has 0 aromatic heterocycles. The van der Waals surface area contributed by atoms with E-state index in [1.165, 1.54) is 49.7 Å². The fourth-order valence-corrected chi connectivity index (χ4v) is 3.61. The van der Waals surface area contributed by atoms with Crippen LogP contribution in [0.5, 0.6) is 0 Å². The van der Waals surface area contributed by atoms with Gasteiger partial charge in [0, 0.05) is 12.1 Å². The summed E-state index contributed by atoms with van der Waals surface area (Å²) in [6, 6.07) is 9.92. The van der Waals surface area contributed by atoms with Gasteiger partial charge in [0.1, 0.15) is 0 Å². The second-order valence-electron chi connectivity index (χ2n) is 6.16. The van der Waals surface area contributed by atoms with E-state index in [9.17, 15) is 0 Å². The van der Waals surface area contributed by atoms with E-state index in [0.717, 1.165) is 5.92 Å². The molecule has 0 radical (unpaired) electrons. The maximum absolute atomic E-state index is 3.89. The van der Waals surface area contributed by atoms with E-state index < -0.39 is 0 Å². The Morgan fingerprint density at radius 2 is 1.84 bits per heavy atom. The number of nitrogens with one attached hydrogen (secondary N) is 1. The first-order valence-corrected chi connectivity index (χ1v) is 8.04. The molecule has 0 heterocycles. The standard InChI is InChI=1S/C18H29N/c1-4-18(16-11-6-5-7-12-16)19-15(3)17-13-9-8-10-14(17)2/h8-10,13,15-16,18-19H,4-7,11-12H2,1-3H3. The average Bonchev–Trinajstić information content (AvgIpc) is 2.46. The van der Waals surface area contributed by atoms with Gasteiger partial charge in [0.2, 0.25) is 0 Å². The number of hydrogen-bond donors (Lipinski definition) is 1. The number of aryl methyl sites for hydroxylation is 1. The molecule has 1 N–H and O–H groups in total. The van der Waals surface area contributed by atoms with Crippen molar-refractivity contribution < 1.29 is 0 Å². The highest BCUT2D eigenvalue weighted by molar-refractivity contribution is 5.28. The summed E-state index contributed by atoms with van der Waals surface area (Å²) in [6.45, 7) is 6.86. The van der Waals surface area contributed by atoms with Gasteiger partial charge in [0.05, 0.1) is 0 Å². The van der Waals surface area contributed by atoms with E-state index in [1.807, 2.05) is 0 Å². The monoisotopic (exact) mass is 259 g/mol. The van der Waals surface area contributed by atoms with Gasteiger partial charge in [0.25, 0.3) is 0 Å².